The van der Waals surface area contributed by atoms with Crippen LogP contribution in [-0.4, -0.2) is 11.7 Å². The van der Waals surface area contributed by atoms with Crippen LogP contribution in [0.5, 0.6) is 0 Å². The Balaban J connectivity index is 2.03. The molecule has 0 saturated carbocycles. The van der Waals surface area contributed by atoms with E-state index in [1.54, 1.807) is 31.2 Å². The number of halogens is 2. The van der Waals surface area contributed by atoms with Crippen molar-refractivity contribution in [2.75, 3.05) is 6.61 Å². The Morgan fingerprint density at radius 2 is 1.90 bits per heavy atom. The van der Waals surface area contributed by atoms with Crippen molar-refractivity contribution in [1.29, 1.82) is 0 Å². The summed E-state index contributed by atoms with van der Waals surface area (Å²) < 4.78 is 13.2. The lowest BCUT2D eigenvalue weighted by Crippen LogP contribution is -2.24. The Kier molecular flexibility index (Phi) is 5.12. The largest absolute Gasteiger partial charge is 0.394 e. The standard InChI is InChI=1S/C16H17ClFNO/c1-11-8-12(2-7-15(11)18)9-19-16(10-20)13-3-5-14(17)6-4-13/h2-8,16,19-20H,9-10H2,1H3. The van der Waals surface area contributed by atoms with E-state index in [0.717, 1.165) is 11.1 Å². The molecule has 0 bridgehead atoms. The number of nitrogens with one attached hydrogen (secondary N) is 1. The minimum absolute atomic E-state index is 0.0121. The van der Waals surface area contributed by atoms with Gasteiger partial charge in [0.2, 0.25) is 0 Å². The van der Waals surface area contributed by atoms with Gasteiger partial charge in [0.05, 0.1) is 12.6 Å². The van der Waals surface area contributed by atoms with Crippen molar-refractivity contribution in [3.8, 4) is 0 Å². The smallest absolute Gasteiger partial charge is 0.126 e. The van der Waals surface area contributed by atoms with Gasteiger partial charge in [-0.25, -0.2) is 4.39 Å². The molecule has 1 atom stereocenters. The first-order chi connectivity index (χ1) is 9.60. The Hall–Kier alpha value is -1.42. The third kappa shape index (κ3) is 3.79. The summed E-state index contributed by atoms with van der Waals surface area (Å²) in [6.07, 6.45) is 0. The summed E-state index contributed by atoms with van der Waals surface area (Å²) in [7, 11) is 0. The molecule has 0 fully saturated rings. The van der Waals surface area contributed by atoms with E-state index in [-0.39, 0.29) is 18.5 Å². The first-order valence-corrected chi connectivity index (χ1v) is 6.82. The zero-order valence-electron chi connectivity index (χ0n) is 11.2. The lowest BCUT2D eigenvalue weighted by Gasteiger charge is -2.17. The molecule has 20 heavy (non-hydrogen) atoms. The highest BCUT2D eigenvalue weighted by atomic mass is 35.5. The SMILES string of the molecule is Cc1cc(CNC(CO)c2ccc(Cl)cc2)ccc1F. The topological polar surface area (TPSA) is 32.3 Å². The van der Waals surface area contributed by atoms with Gasteiger partial charge in [-0.15, -0.1) is 0 Å². The third-order valence-corrected chi connectivity index (χ3v) is 3.48. The van der Waals surface area contributed by atoms with Crippen molar-refractivity contribution in [1.82, 2.24) is 5.32 Å². The number of rotatable bonds is 5. The summed E-state index contributed by atoms with van der Waals surface area (Å²) in [6, 6.07) is 12.2. The Bertz CT molecular complexity index is 571. The molecular formula is C16H17ClFNO. The van der Waals surface area contributed by atoms with Crippen LogP contribution in [0.4, 0.5) is 4.39 Å². The van der Waals surface area contributed by atoms with Gasteiger partial charge in [-0.1, -0.05) is 35.9 Å². The molecule has 0 saturated heterocycles. The van der Waals surface area contributed by atoms with E-state index in [2.05, 4.69) is 5.32 Å². The molecule has 0 amide bonds. The van der Waals surface area contributed by atoms with Gasteiger partial charge in [-0.05, 0) is 41.8 Å². The zero-order valence-corrected chi connectivity index (χ0v) is 12.0. The molecular weight excluding hydrogens is 277 g/mol. The average molecular weight is 294 g/mol. The summed E-state index contributed by atoms with van der Waals surface area (Å²) in [5, 5.41) is 13.4. The van der Waals surface area contributed by atoms with Crippen molar-refractivity contribution >= 4 is 11.6 Å². The van der Waals surface area contributed by atoms with Gasteiger partial charge in [0.25, 0.3) is 0 Å². The maximum Gasteiger partial charge on any atom is 0.126 e. The molecule has 1 unspecified atom stereocenters. The molecule has 0 aliphatic heterocycles. The number of benzene rings is 2. The number of aliphatic hydroxyl groups excluding tert-OH is 1. The number of hydrogen-bond acceptors (Lipinski definition) is 2. The van der Waals surface area contributed by atoms with E-state index in [4.69, 9.17) is 11.6 Å². The van der Waals surface area contributed by atoms with Crippen LogP contribution in [0.3, 0.4) is 0 Å². The quantitative estimate of drug-likeness (QED) is 0.882. The van der Waals surface area contributed by atoms with E-state index >= 15 is 0 Å². The van der Waals surface area contributed by atoms with Crippen molar-refractivity contribution in [3.05, 3.63) is 70.0 Å². The highest BCUT2D eigenvalue weighted by Crippen LogP contribution is 2.17. The minimum Gasteiger partial charge on any atom is -0.394 e. The molecule has 0 aromatic heterocycles. The van der Waals surface area contributed by atoms with Gasteiger partial charge in [0, 0.05) is 11.6 Å². The van der Waals surface area contributed by atoms with Crippen molar-refractivity contribution < 1.29 is 9.50 Å². The van der Waals surface area contributed by atoms with Crippen LogP contribution in [0.2, 0.25) is 5.02 Å². The van der Waals surface area contributed by atoms with Gasteiger partial charge >= 0.3 is 0 Å². The average Bonchev–Trinajstić information content (AvgIpc) is 2.45. The molecule has 2 nitrogen and oxygen atoms in total. The summed E-state index contributed by atoms with van der Waals surface area (Å²) >= 11 is 5.85. The summed E-state index contributed by atoms with van der Waals surface area (Å²) in [5.74, 6) is -0.204. The third-order valence-electron chi connectivity index (χ3n) is 3.23. The molecule has 0 radical (unpaired) electrons. The minimum atomic E-state index is -0.204. The predicted octanol–water partition coefficient (Wildman–Crippen LogP) is 3.61. The normalized spacial score (nSPS) is 12.4. The van der Waals surface area contributed by atoms with Crippen molar-refractivity contribution in [2.45, 2.75) is 19.5 Å². The lowest BCUT2D eigenvalue weighted by atomic mass is 10.1. The Morgan fingerprint density at radius 1 is 1.20 bits per heavy atom. The van der Waals surface area contributed by atoms with Crippen molar-refractivity contribution in [3.63, 3.8) is 0 Å². The molecule has 106 valence electrons. The maximum atomic E-state index is 13.2. The van der Waals surface area contributed by atoms with Crippen LogP contribution in [0.1, 0.15) is 22.7 Å². The number of hydrogen-bond donors (Lipinski definition) is 2. The van der Waals surface area contributed by atoms with Crippen molar-refractivity contribution in [2.24, 2.45) is 0 Å². The second-order valence-electron chi connectivity index (χ2n) is 4.75. The maximum absolute atomic E-state index is 13.2. The molecule has 0 spiro atoms. The molecule has 2 aromatic rings. The Morgan fingerprint density at radius 3 is 2.50 bits per heavy atom. The Labute approximate surface area is 123 Å². The van der Waals surface area contributed by atoms with E-state index in [9.17, 15) is 9.50 Å². The van der Waals surface area contributed by atoms with Crippen LogP contribution in [0.25, 0.3) is 0 Å². The number of aryl methyl sites for hydroxylation is 1. The van der Waals surface area contributed by atoms with E-state index in [1.165, 1.54) is 6.07 Å². The number of aliphatic hydroxyl groups is 1. The van der Waals surface area contributed by atoms with Crippen LogP contribution in [-0.2, 0) is 6.54 Å². The van der Waals surface area contributed by atoms with Gasteiger partial charge in [0.15, 0.2) is 0 Å². The molecule has 2 N–H and O–H groups in total. The summed E-state index contributed by atoms with van der Waals surface area (Å²) in [5.41, 5.74) is 2.57. The van der Waals surface area contributed by atoms with E-state index < -0.39 is 0 Å². The van der Waals surface area contributed by atoms with Crippen LogP contribution >= 0.6 is 11.6 Å². The molecule has 0 aliphatic carbocycles. The van der Waals surface area contributed by atoms with Crippen LogP contribution in [0.15, 0.2) is 42.5 Å². The molecule has 0 heterocycles. The fourth-order valence-corrected chi connectivity index (χ4v) is 2.17. The van der Waals surface area contributed by atoms with Gasteiger partial charge in [0.1, 0.15) is 5.82 Å². The summed E-state index contributed by atoms with van der Waals surface area (Å²) in [6.45, 7) is 2.29. The zero-order chi connectivity index (χ0) is 14.5. The fraction of sp³-hybridized carbons (Fsp3) is 0.250. The molecule has 4 heteroatoms. The van der Waals surface area contributed by atoms with Gasteiger partial charge in [-0.3, -0.25) is 0 Å². The summed E-state index contributed by atoms with van der Waals surface area (Å²) in [4.78, 5) is 0. The van der Waals surface area contributed by atoms with E-state index in [1.807, 2.05) is 12.1 Å². The first-order valence-electron chi connectivity index (χ1n) is 6.45. The molecule has 2 aromatic carbocycles. The van der Waals surface area contributed by atoms with Gasteiger partial charge < -0.3 is 10.4 Å². The first kappa shape index (κ1) is 15.0. The highest BCUT2D eigenvalue weighted by Gasteiger charge is 2.10. The van der Waals surface area contributed by atoms with Crippen LogP contribution in [0, 0.1) is 12.7 Å². The molecule has 0 aliphatic rings. The second-order valence-corrected chi connectivity index (χ2v) is 5.19. The highest BCUT2D eigenvalue weighted by molar-refractivity contribution is 6.30. The lowest BCUT2D eigenvalue weighted by molar-refractivity contribution is 0.243. The fourth-order valence-electron chi connectivity index (χ4n) is 2.04. The van der Waals surface area contributed by atoms with E-state index in [0.29, 0.717) is 17.1 Å². The predicted molar refractivity (Wildman–Crippen MR) is 79.3 cm³/mol. The molecule has 2 rings (SSSR count). The van der Waals surface area contributed by atoms with Gasteiger partial charge in [-0.2, -0.15) is 0 Å². The van der Waals surface area contributed by atoms with Crippen LogP contribution < -0.4 is 5.32 Å². The second kappa shape index (κ2) is 6.84. The monoisotopic (exact) mass is 293 g/mol.